The van der Waals surface area contributed by atoms with Crippen LogP contribution in [0.1, 0.15) is 69.5 Å². The van der Waals surface area contributed by atoms with E-state index < -0.39 is 18.5 Å². The monoisotopic (exact) mass is 1120 g/mol. The molecule has 0 saturated heterocycles. The summed E-state index contributed by atoms with van der Waals surface area (Å²) in [4.78, 5) is 14.1. The fourth-order valence-electron chi connectivity index (χ4n) is 9.17. The van der Waals surface area contributed by atoms with Gasteiger partial charge in [0, 0.05) is 76.2 Å². The van der Waals surface area contributed by atoms with Gasteiger partial charge in [-0.15, -0.1) is 0 Å². The second kappa shape index (κ2) is 23.2. The Kier molecular flexibility index (Phi) is 16.9. The van der Waals surface area contributed by atoms with Crippen molar-refractivity contribution in [3.8, 4) is 33.8 Å². The van der Waals surface area contributed by atoms with E-state index >= 15 is 0 Å². The van der Waals surface area contributed by atoms with Gasteiger partial charge >= 0.3 is 25.3 Å². The molecule has 0 aliphatic rings. The van der Waals surface area contributed by atoms with Crippen LogP contribution in [0.4, 0.5) is 34.1 Å². The third kappa shape index (κ3) is 12.7. The van der Waals surface area contributed by atoms with Crippen molar-refractivity contribution in [1.82, 2.24) is 0 Å². The second-order valence-electron chi connectivity index (χ2n) is 19.6. The number of aryl methyl sites for hydroxylation is 8. The summed E-state index contributed by atoms with van der Waals surface area (Å²) in [5, 5.41) is 22.5. The van der Waals surface area contributed by atoms with Crippen LogP contribution in [0.2, 0.25) is 0 Å². The van der Waals surface area contributed by atoms with Gasteiger partial charge in [0.25, 0.3) is 0 Å². The molecule has 8 aromatic rings. The summed E-state index contributed by atoms with van der Waals surface area (Å²) in [5.41, 5.74) is 21.1. The first kappa shape index (κ1) is 52.4. The average molecular weight is 1130 g/mol. The summed E-state index contributed by atoms with van der Waals surface area (Å²) in [7, 11) is 0. The first-order valence-corrected chi connectivity index (χ1v) is 26.5. The molecule has 8 rings (SSSR count). The molecule has 8 nitrogen and oxygen atoms in total. The molecule has 0 radical (unpaired) electrons. The van der Waals surface area contributed by atoms with Gasteiger partial charge in [-0.3, -0.25) is 9.98 Å². The van der Waals surface area contributed by atoms with Crippen molar-refractivity contribution in [3.63, 3.8) is 0 Å². The minimum atomic E-state index is -2.25. The normalized spacial score (nSPS) is 11.4. The predicted molar refractivity (Wildman–Crippen MR) is 294 cm³/mol. The molecule has 0 aliphatic heterocycles. The summed E-state index contributed by atoms with van der Waals surface area (Å²) in [6.45, 7) is 22.2. The SMILES string of the molecule is Cc1ccc(N(c2ccc(C)cc2)c2cc(C)c(-c3ccc(C=NCC(C)(C)CN=Cc4ccc(-c5c(C)cc(N(c6ccc(C)cc6)c6ccc(C)cc6)cc5C)cc4O)c(O)c3)c(C)c2)cc1.[O]=[W]=[O]. The van der Waals surface area contributed by atoms with E-state index in [9.17, 15) is 10.2 Å². The fourth-order valence-corrected chi connectivity index (χ4v) is 9.17. The van der Waals surface area contributed by atoms with Crippen LogP contribution in [0.25, 0.3) is 22.3 Å². The summed E-state index contributed by atoms with van der Waals surface area (Å²) in [6.07, 6.45) is 3.50. The van der Waals surface area contributed by atoms with Crippen LogP contribution in [0.15, 0.2) is 168 Å². The zero-order valence-electron chi connectivity index (χ0n) is 43.0. The topological polar surface area (TPSA) is 106 Å². The van der Waals surface area contributed by atoms with Crippen LogP contribution < -0.4 is 9.80 Å². The van der Waals surface area contributed by atoms with Crippen LogP contribution in [-0.2, 0) is 25.3 Å². The van der Waals surface area contributed by atoms with E-state index in [1.807, 2.05) is 24.3 Å². The van der Waals surface area contributed by atoms with Crippen LogP contribution in [0.3, 0.4) is 0 Å². The molecule has 9 heteroatoms. The Morgan fingerprint density at radius 3 is 0.931 bits per heavy atom. The molecule has 0 saturated carbocycles. The molecule has 0 heterocycles. The van der Waals surface area contributed by atoms with Gasteiger partial charge in [-0.25, -0.2) is 0 Å². The number of aliphatic imine (C=N–C) groups is 2. The van der Waals surface area contributed by atoms with Crippen molar-refractivity contribution in [3.05, 3.63) is 213 Å². The molecule has 0 unspecified atom stereocenters. The zero-order valence-corrected chi connectivity index (χ0v) is 45.9. The third-order valence-electron chi connectivity index (χ3n) is 12.9. The zero-order chi connectivity index (χ0) is 51.7. The number of hydrogen-bond acceptors (Lipinski definition) is 8. The van der Waals surface area contributed by atoms with E-state index in [4.69, 9.17) is 16.8 Å². The molecule has 0 amide bonds. The average Bonchev–Trinajstić information content (AvgIpc) is 3.33. The Hall–Kier alpha value is -7.41. The molecule has 72 heavy (non-hydrogen) atoms. The number of aromatic hydroxyl groups is 2. The van der Waals surface area contributed by atoms with Gasteiger partial charge < -0.3 is 20.0 Å². The quantitative estimate of drug-likeness (QED) is 0.105. The Labute approximate surface area is 434 Å². The standard InChI is InChI=1S/C63H64N4O2.2O.W/c1-41-11-23-53(24-12-41)66(54-25-13-42(2)14-26-54)57-31-45(5)61(46(6)32-57)49-19-21-51(59(68)35-49)37-64-39-63(9,10)40-65-38-52-22-20-50(36-60(52)69)62-47(7)33-58(34-48(62)8)67(55-27-15-43(3)16-28-55)56-29-17-44(4)18-30-56;;;/h11-38,68-69H,39-40H2,1-10H3;;;. The summed E-state index contributed by atoms with van der Waals surface area (Å²) >= 11 is -2.25. The van der Waals surface area contributed by atoms with Crippen LogP contribution in [-0.4, -0.2) is 35.7 Å². The van der Waals surface area contributed by atoms with E-state index in [2.05, 4.69) is 212 Å². The molecule has 0 aliphatic carbocycles. The number of phenols is 2. The molecule has 2 N–H and O–H groups in total. The third-order valence-corrected chi connectivity index (χ3v) is 12.9. The molecule has 0 bridgehead atoms. The van der Waals surface area contributed by atoms with E-state index in [0.717, 1.165) is 78.6 Å². The molecule has 0 aromatic heterocycles. The fraction of sp³-hybridized carbons (Fsp3) is 0.206. The molecule has 0 atom stereocenters. The number of hydrogen-bond donors (Lipinski definition) is 2. The number of anilines is 6. The second-order valence-corrected chi connectivity index (χ2v) is 20.1. The van der Waals surface area contributed by atoms with Gasteiger partial charge in [0.1, 0.15) is 11.5 Å². The van der Waals surface area contributed by atoms with Crippen LogP contribution >= 0.6 is 0 Å². The Bertz CT molecular complexity index is 2930. The molecule has 0 fully saturated rings. The van der Waals surface area contributed by atoms with E-state index in [1.165, 1.54) is 22.3 Å². The predicted octanol–water partition coefficient (Wildman–Crippen LogP) is 16.2. The summed E-state index contributed by atoms with van der Waals surface area (Å²) < 4.78 is 17.1. The van der Waals surface area contributed by atoms with Gasteiger partial charge in [0.05, 0.1) is 0 Å². The Morgan fingerprint density at radius 1 is 0.417 bits per heavy atom. The van der Waals surface area contributed by atoms with Crippen molar-refractivity contribution in [2.24, 2.45) is 15.4 Å². The van der Waals surface area contributed by atoms with Gasteiger partial charge in [-0.2, -0.15) is 0 Å². The van der Waals surface area contributed by atoms with Gasteiger partial charge in [-0.1, -0.05) is 96.8 Å². The van der Waals surface area contributed by atoms with Gasteiger partial charge in [0.2, 0.25) is 0 Å². The molecule has 8 aromatic carbocycles. The Balaban J connectivity index is 0.00000247. The minimum absolute atomic E-state index is 0.183. The molecular weight excluding hydrogens is 1060 g/mol. The van der Waals surface area contributed by atoms with Crippen molar-refractivity contribution in [2.75, 3.05) is 22.9 Å². The maximum absolute atomic E-state index is 11.3. The van der Waals surface area contributed by atoms with E-state index in [1.54, 1.807) is 12.4 Å². The number of rotatable bonds is 14. The first-order valence-electron chi connectivity index (χ1n) is 24.1. The van der Waals surface area contributed by atoms with Crippen molar-refractivity contribution in [2.45, 2.75) is 69.2 Å². The van der Waals surface area contributed by atoms with Crippen molar-refractivity contribution < 1.29 is 35.5 Å². The van der Waals surface area contributed by atoms with E-state index in [-0.39, 0.29) is 16.9 Å². The molecule has 0 spiro atoms. The van der Waals surface area contributed by atoms with Crippen LogP contribution in [0.5, 0.6) is 11.5 Å². The molecular formula is C63H64N4O4W. The van der Waals surface area contributed by atoms with Gasteiger partial charge in [0.15, 0.2) is 0 Å². The summed E-state index contributed by atoms with van der Waals surface area (Å²) in [5.74, 6) is 0.366. The number of nitrogens with zero attached hydrogens (tertiary/aromatic N) is 4. The Morgan fingerprint density at radius 2 is 0.681 bits per heavy atom. The van der Waals surface area contributed by atoms with Crippen LogP contribution in [0, 0.1) is 60.8 Å². The first-order chi connectivity index (χ1) is 34.4. The van der Waals surface area contributed by atoms with E-state index in [0.29, 0.717) is 24.2 Å². The molecule has 366 valence electrons. The van der Waals surface area contributed by atoms with Gasteiger partial charge in [-0.05, 0) is 197 Å². The van der Waals surface area contributed by atoms with Crippen molar-refractivity contribution >= 4 is 46.6 Å². The van der Waals surface area contributed by atoms with Crippen molar-refractivity contribution in [1.29, 1.82) is 0 Å². The maximum atomic E-state index is 11.3. The summed E-state index contributed by atoms with van der Waals surface area (Å²) in [6, 6.07) is 55.1. The number of benzene rings is 8. The number of phenolic OH excluding ortho intramolecular Hbond substituents is 2.